The lowest BCUT2D eigenvalue weighted by atomic mass is 9.99. The molecule has 3 rings (SSSR count). The number of hydrogen-bond donors (Lipinski definition) is 2. The minimum atomic E-state index is -0.233. The van der Waals surface area contributed by atoms with Crippen LogP contribution in [0.4, 0.5) is 4.79 Å². The number of amides is 2. The number of urea groups is 1. The first kappa shape index (κ1) is 14.4. The highest BCUT2D eigenvalue weighted by Crippen LogP contribution is 2.26. The number of hydrogen-bond acceptors (Lipinski definition) is 3. The van der Waals surface area contributed by atoms with Crippen LogP contribution in [0.15, 0.2) is 30.3 Å². The number of rotatable bonds is 4. The third-order valence-electron chi connectivity index (χ3n) is 4.42. The summed E-state index contributed by atoms with van der Waals surface area (Å²) < 4.78 is 0. The highest BCUT2D eigenvalue weighted by Gasteiger charge is 2.36. The van der Waals surface area contributed by atoms with E-state index in [1.807, 2.05) is 30.3 Å². The maximum absolute atomic E-state index is 11.9. The van der Waals surface area contributed by atoms with Crippen LogP contribution < -0.4 is 10.8 Å². The molecule has 1 aromatic rings. The molecule has 0 aromatic heterocycles. The average molecular weight is 289 g/mol. The first-order valence-electron chi connectivity index (χ1n) is 7.79. The molecule has 2 N–H and O–H groups in total. The van der Waals surface area contributed by atoms with E-state index in [1.165, 1.54) is 25.8 Å². The molecule has 1 aromatic carbocycles. The van der Waals surface area contributed by atoms with Crippen LogP contribution in [0.1, 0.15) is 31.2 Å². The van der Waals surface area contributed by atoms with Gasteiger partial charge in [0, 0.05) is 18.6 Å². The molecular formula is C16H23N3O2. The molecule has 2 atom stereocenters. The first-order valence-corrected chi connectivity index (χ1v) is 7.79. The second-order valence-electron chi connectivity index (χ2n) is 5.84. The summed E-state index contributed by atoms with van der Waals surface area (Å²) in [4.78, 5) is 19.6. The van der Waals surface area contributed by atoms with Gasteiger partial charge in [0.05, 0.1) is 6.61 Å². The van der Waals surface area contributed by atoms with Gasteiger partial charge in [0.2, 0.25) is 0 Å². The third-order valence-corrected chi connectivity index (χ3v) is 4.42. The van der Waals surface area contributed by atoms with E-state index < -0.39 is 0 Å². The predicted molar refractivity (Wildman–Crippen MR) is 80.5 cm³/mol. The third kappa shape index (κ3) is 3.74. The summed E-state index contributed by atoms with van der Waals surface area (Å²) in [7, 11) is 0. The van der Waals surface area contributed by atoms with Crippen LogP contribution in [0.2, 0.25) is 0 Å². The van der Waals surface area contributed by atoms with Gasteiger partial charge in [-0.3, -0.25) is 9.74 Å². The quantitative estimate of drug-likeness (QED) is 0.834. The molecule has 0 spiro atoms. The SMILES string of the molecule is O=C(NOCc1ccccc1)NC1CCN2CCCCC12. The molecule has 2 fully saturated rings. The van der Waals surface area contributed by atoms with Crippen molar-refractivity contribution in [2.75, 3.05) is 13.1 Å². The van der Waals surface area contributed by atoms with Crippen LogP contribution in [-0.2, 0) is 11.4 Å². The van der Waals surface area contributed by atoms with Crippen LogP contribution in [0, 0.1) is 0 Å². The number of piperidine rings is 1. The summed E-state index contributed by atoms with van der Waals surface area (Å²) in [6.07, 6.45) is 4.79. The van der Waals surface area contributed by atoms with Crippen molar-refractivity contribution in [2.45, 2.75) is 44.4 Å². The second kappa shape index (κ2) is 6.91. The Labute approximate surface area is 125 Å². The topological polar surface area (TPSA) is 53.6 Å². The van der Waals surface area contributed by atoms with E-state index in [-0.39, 0.29) is 12.1 Å². The van der Waals surface area contributed by atoms with Crippen LogP contribution in [0.25, 0.3) is 0 Å². The number of hydroxylamine groups is 1. The van der Waals surface area contributed by atoms with Crippen LogP contribution >= 0.6 is 0 Å². The fraction of sp³-hybridized carbons (Fsp3) is 0.562. The van der Waals surface area contributed by atoms with Gasteiger partial charge in [0.25, 0.3) is 0 Å². The second-order valence-corrected chi connectivity index (χ2v) is 5.84. The first-order chi connectivity index (χ1) is 10.3. The number of carbonyl (C=O) groups excluding carboxylic acids is 1. The lowest BCUT2D eigenvalue weighted by Crippen LogP contribution is -2.49. The van der Waals surface area contributed by atoms with E-state index in [9.17, 15) is 4.79 Å². The van der Waals surface area contributed by atoms with E-state index in [2.05, 4.69) is 15.7 Å². The summed E-state index contributed by atoms with van der Waals surface area (Å²) in [5.74, 6) is 0. The molecule has 5 heteroatoms. The maximum atomic E-state index is 11.9. The van der Waals surface area contributed by atoms with Gasteiger partial charge in [0.15, 0.2) is 0 Å². The molecule has 2 aliphatic rings. The zero-order valence-electron chi connectivity index (χ0n) is 12.3. The van der Waals surface area contributed by atoms with Gasteiger partial charge in [-0.25, -0.2) is 10.3 Å². The Morgan fingerprint density at radius 1 is 1.19 bits per heavy atom. The number of nitrogens with one attached hydrogen (secondary N) is 2. The van der Waals surface area contributed by atoms with Crippen molar-refractivity contribution in [1.82, 2.24) is 15.7 Å². The highest BCUT2D eigenvalue weighted by atomic mass is 16.7. The lowest BCUT2D eigenvalue weighted by Gasteiger charge is -2.32. The Kier molecular flexibility index (Phi) is 4.72. The van der Waals surface area contributed by atoms with Crippen molar-refractivity contribution in [3.05, 3.63) is 35.9 Å². The Hall–Kier alpha value is -1.59. The fourth-order valence-corrected chi connectivity index (χ4v) is 3.37. The number of carbonyl (C=O) groups is 1. The summed E-state index contributed by atoms with van der Waals surface area (Å²) in [5, 5.41) is 3.05. The summed E-state index contributed by atoms with van der Waals surface area (Å²) in [6.45, 7) is 2.66. The fourth-order valence-electron chi connectivity index (χ4n) is 3.37. The minimum Gasteiger partial charge on any atom is -0.332 e. The standard InChI is InChI=1S/C16H23N3O2/c20-16(18-21-12-13-6-2-1-3-7-13)17-14-9-11-19-10-5-4-8-15(14)19/h1-3,6-7,14-15H,4-5,8-12H2,(H2,17,18,20). The average Bonchev–Trinajstić information content (AvgIpc) is 2.92. The number of benzene rings is 1. The monoisotopic (exact) mass is 289 g/mol. The molecule has 0 bridgehead atoms. The van der Waals surface area contributed by atoms with Gasteiger partial charge in [-0.15, -0.1) is 0 Å². The molecule has 21 heavy (non-hydrogen) atoms. The maximum Gasteiger partial charge on any atom is 0.338 e. The van der Waals surface area contributed by atoms with E-state index >= 15 is 0 Å². The zero-order chi connectivity index (χ0) is 14.5. The molecule has 5 nitrogen and oxygen atoms in total. The van der Waals surface area contributed by atoms with Crippen LogP contribution in [0.3, 0.4) is 0 Å². The highest BCUT2D eigenvalue weighted by molar-refractivity contribution is 5.73. The normalized spacial score (nSPS) is 25.3. The van der Waals surface area contributed by atoms with Crippen molar-refractivity contribution in [1.29, 1.82) is 0 Å². The zero-order valence-corrected chi connectivity index (χ0v) is 12.3. The van der Waals surface area contributed by atoms with E-state index in [1.54, 1.807) is 0 Å². The van der Waals surface area contributed by atoms with E-state index in [0.717, 1.165) is 18.5 Å². The van der Waals surface area contributed by atoms with E-state index in [4.69, 9.17) is 4.84 Å². The smallest absolute Gasteiger partial charge is 0.332 e. The molecule has 2 unspecified atom stereocenters. The number of fused-ring (bicyclic) bond motifs is 1. The molecular weight excluding hydrogens is 266 g/mol. The molecule has 0 saturated carbocycles. The Morgan fingerprint density at radius 2 is 2.05 bits per heavy atom. The van der Waals surface area contributed by atoms with Crippen molar-refractivity contribution in [2.24, 2.45) is 0 Å². The summed E-state index contributed by atoms with van der Waals surface area (Å²) in [6, 6.07) is 10.3. The summed E-state index contributed by atoms with van der Waals surface area (Å²) in [5.41, 5.74) is 3.52. The molecule has 2 amide bonds. The molecule has 2 aliphatic heterocycles. The molecule has 2 heterocycles. The lowest BCUT2D eigenvalue weighted by molar-refractivity contribution is 0.0473. The van der Waals surface area contributed by atoms with E-state index in [0.29, 0.717) is 12.6 Å². The minimum absolute atomic E-state index is 0.233. The largest absolute Gasteiger partial charge is 0.338 e. The Bertz CT molecular complexity index is 466. The van der Waals surface area contributed by atoms with Crippen LogP contribution in [0.5, 0.6) is 0 Å². The summed E-state index contributed by atoms with van der Waals surface area (Å²) >= 11 is 0. The Balaban J connectivity index is 1.40. The van der Waals surface area contributed by atoms with Gasteiger partial charge in [-0.2, -0.15) is 0 Å². The predicted octanol–water partition coefficient (Wildman–Crippen LogP) is 2.04. The van der Waals surface area contributed by atoms with Crippen molar-refractivity contribution < 1.29 is 9.63 Å². The van der Waals surface area contributed by atoms with Crippen LogP contribution in [-0.4, -0.2) is 36.1 Å². The van der Waals surface area contributed by atoms with Gasteiger partial charge < -0.3 is 5.32 Å². The molecule has 0 radical (unpaired) electrons. The molecule has 0 aliphatic carbocycles. The van der Waals surface area contributed by atoms with Gasteiger partial charge in [-0.1, -0.05) is 36.8 Å². The number of nitrogens with zero attached hydrogens (tertiary/aromatic N) is 1. The van der Waals surface area contributed by atoms with Gasteiger partial charge >= 0.3 is 6.03 Å². The van der Waals surface area contributed by atoms with Gasteiger partial charge in [0.1, 0.15) is 0 Å². The molecule has 2 saturated heterocycles. The van der Waals surface area contributed by atoms with Crippen molar-refractivity contribution in [3.63, 3.8) is 0 Å². The van der Waals surface area contributed by atoms with Crippen molar-refractivity contribution >= 4 is 6.03 Å². The van der Waals surface area contributed by atoms with Gasteiger partial charge in [-0.05, 0) is 31.4 Å². The Morgan fingerprint density at radius 3 is 2.90 bits per heavy atom. The molecule has 114 valence electrons. The van der Waals surface area contributed by atoms with Crippen molar-refractivity contribution in [3.8, 4) is 0 Å².